The predicted octanol–water partition coefficient (Wildman–Crippen LogP) is 5.63. The molecule has 1 unspecified atom stereocenters. The number of amides is 1. The zero-order valence-corrected chi connectivity index (χ0v) is 18.7. The fourth-order valence-electron chi connectivity index (χ4n) is 3.51. The van der Waals surface area contributed by atoms with Crippen molar-refractivity contribution in [3.63, 3.8) is 0 Å². The summed E-state index contributed by atoms with van der Waals surface area (Å²) in [6.07, 6.45) is 0.114. The lowest BCUT2D eigenvalue weighted by Gasteiger charge is -2.15. The third-order valence-electron chi connectivity index (χ3n) is 5.30. The molecular formula is C27H20ClFN2O3. The lowest BCUT2D eigenvalue weighted by Crippen LogP contribution is -2.42. The Balaban J connectivity index is 1.48. The van der Waals surface area contributed by atoms with Crippen molar-refractivity contribution in [2.24, 2.45) is 0 Å². The first kappa shape index (κ1) is 23.1. The molecule has 2 N–H and O–H groups in total. The standard InChI is InChI=1S/C27H20ClFN2O3/c28-21-16-20(13-14-22(21)29)23-7-4-8-24(30-23)26(32)31-25(27(33)34)15-17-9-11-19(12-10-17)18-5-2-1-3-6-18/h1-14,16,25H,15H2,(H,31,32)(H,33,34). The molecule has 0 fully saturated rings. The van der Waals surface area contributed by atoms with Crippen LogP contribution in [0.15, 0.2) is 91.0 Å². The zero-order valence-electron chi connectivity index (χ0n) is 17.9. The number of pyridine rings is 1. The van der Waals surface area contributed by atoms with Crippen LogP contribution in [0.3, 0.4) is 0 Å². The highest BCUT2D eigenvalue weighted by molar-refractivity contribution is 6.31. The van der Waals surface area contributed by atoms with E-state index in [4.69, 9.17) is 11.6 Å². The van der Waals surface area contributed by atoms with Crippen molar-refractivity contribution in [3.8, 4) is 22.4 Å². The first-order chi connectivity index (χ1) is 16.4. The van der Waals surface area contributed by atoms with Crippen LogP contribution in [-0.4, -0.2) is 28.0 Å². The Morgan fingerprint density at radius 1 is 0.882 bits per heavy atom. The van der Waals surface area contributed by atoms with Gasteiger partial charge in [0.2, 0.25) is 0 Å². The fourth-order valence-corrected chi connectivity index (χ4v) is 3.69. The van der Waals surface area contributed by atoms with Crippen molar-refractivity contribution in [2.75, 3.05) is 0 Å². The van der Waals surface area contributed by atoms with Gasteiger partial charge in [-0.3, -0.25) is 4.79 Å². The van der Waals surface area contributed by atoms with Gasteiger partial charge in [-0.1, -0.05) is 72.3 Å². The lowest BCUT2D eigenvalue weighted by atomic mass is 10.0. The highest BCUT2D eigenvalue weighted by Gasteiger charge is 2.22. The van der Waals surface area contributed by atoms with E-state index < -0.39 is 23.7 Å². The van der Waals surface area contributed by atoms with Crippen LogP contribution in [0.4, 0.5) is 4.39 Å². The Hall–Kier alpha value is -4.03. The Kier molecular flexibility index (Phi) is 6.99. The van der Waals surface area contributed by atoms with Gasteiger partial charge >= 0.3 is 5.97 Å². The van der Waals surface area contributed by atoms with Crippen LogP contribution in [0.5, 0.6) is 0 Å². The molecule has 1 atom stereocenters. The van der Waals surface area contributed by atoms with Crippen LogP contribution < -0.4 is 5.32 Å². The zero-order chi connectivity index (χ0) is 24.1. The van der Waals surface area contributed by atoms with Crippen molar-refractivity contribution in [1.29, 1.82) is 0 Å². The number of nitrogens with one attached hydrogen (secondary N) is 1. The number of carboxylic acids is 1. The quantitative estimate of drug-likeness (QED) is 0.363. The van der Waals surface area contributed by atoms with Crippen molar-refractivity contribution >= 4 is 23.5 Å². The number of hydrogen-bond acceptors (Lipinski definition) is 3. The Morgan fingerprint density at radius 2 is 1.56 bits per heavy atom. The van der Waals surface area contributed by atoms with Crippen molar-refractivity contribution in [3.05, 3.63) is 113 Å². The molecule has 4 aromatic rings. The van der Waals surface area contributed by atoms with Crippen LogP contribution in [0.25, 0.3) is 22.4 Å². The number of carboxylic acid groups (broad SMARTS) is 1. The van der Waals surface area contributed by atoms with Gasteiger partial charge in [0.15, 0.2) is 0 Å². The molecule has 0 spiro atoms. The Morgan fingerprint density at radius 3 is 2.24 bits per heavy atom. The average molecular weight is 475 g/mol. The number of carbonyl (C=O) groups excluding carboxylic acids is 1. The molecule has 0 aliphatic rings. The number of aromatic nitrogens is 1. The highest BCUT2D eigenvalue weighted by atomic mass is 35.5. The molecule has 3 aromatic carbocycles. The van der Waals surface area contributed by atoms with Crippen LogP contribution in [0.2, 0.25) is 5.02 Å². The summed E-state index contributed by atoms with van der Waals surface area (Å²) < 4.78 is 13.5. The number of hydrogen-bond donors (Lipinski definition) is 2. The minimum absolute atomic E-state index is 0.0450. The van der Waals surface area contributed by atoms with Gasteiger partial charge in [0, 0.05) is 12.0 Å². The summed E-state index contributed by atoms with van der Waals surface area (Å²) in [5, 5.41) is 12.1. The molecule has 1 aromatic heterocycles. The van der Waals surface area contributed by atoms with Crippen molar-refractivity contribution in [1.82, 2.24) is 10.3 Å². The van der Waals surface area contributed by atoms with Gasteiger partial charge in [-0.05, 0) is 47.0 Å². The highest BCUT2D eigenvalue weighted by Crippen LogP contribution is 2.24. The second-order valence-electron chi connectivity index (χ2n) is 7.67. The third-order valence-corrected chi connectivity index (χ3v) is 5.59. The fraction of sp³-hybridized carbons (Fsp3) is 0.0741. The van der Waals surface area contributed by atoms with Crippen LogP contribution in [0, 0.1) is 5.82 Å². The number of halogens is 2. The molecule has 4 rings (SSSR count). The predicted molar refractivity (Wildman–Crippen MR) is 129 cm³/mol. The molecule has 5 nitrogen and oxygen atoms in total. The molecule has 0 saturated carbocycles. The summed E-state index contributed by atoms with van der Waals surface area (Å²) in [6, 6.07) is 25.1. The summed E-state index contributed by atoms with van der Waals surface area (Å²) in [5.41, 5.74) is 3.85. The molecule has 0 radical (unpaired) electrons. The minimum atomic E-state index is -1.15. The topological polar surface area (TPSA) is 79.3 Å². The second kappa shape index (κ2) is 10.3. The Labute approximate surface area is 200 Å². The summed E-state index contributed by atoms with van der Waals surface area (Å²) in [6.45, 7) is 0. The molecule has 0 bridgehead atoms. The van der Waals surface area contributed by atoms with Gasteiger partial charge in [-0.25, -0.2) is 14.2 Å². The minimum Gasteiger partial charge on any atom is -0.480 e. The maximum atomic E-state index is 13.5. The van der Waals surface area contributed by atoms with E-state index >= 15 is 0 Å². The molecule has 0 aliphatic carbocycles. The maximum Gasteiger partial charge on any atom is 0.326 e. The Bertz CT molecular complexity index is 1330. The number of aliphatic carboxylic acids is 1. The van der Waals surface area contributed by atoms with Gasteiger partial charge in [0.1, 0.15) is 17.6 Å². The van der Waals surface area contributed by atoms with Crippen LogP contribution >= 0.6 is 11.6 Å². The maximum absolute atomic E-state index is 13.5. The first-order valence-electron chi connectivity index (χ1n) is 10.5. The number of rotatable bonds is 7. The summed E-state index contributed by atoms with van der Waals surface area (Å²) >= 11 is 5.84. The van der Waals surface area contributed by atoms with Gasteiger partial charge in [-0.2, -0.15) is 0 Å². The van der Waals surface area contributed by atoms with E-state index in [0.717, 1.165) is 16.7 Å². The third kappa shape index (κ3) is 5.47. The number of benzene rings is 3. The van der Waals surface area contributed by atoms with E-state index in [-0.39, 0.29) is 17.1 Å². The van der Waals surface area contributed by atoms with Crippen LogP contribution in [0.1, 0.15) is 16.1 Å². The second-order valence-corrected chi connectivity index (χ2v) is 8.08. The van der Waals surface area contributed by atoms with E-state index in [1.54, 1.807) is 12.1 Å². The molecule has 7 heteroatoms. The van der Waals surface area contributed by atoms with Crippen molar-refractivity contribution < 1.29 is 19.1 Å². The molecule has 1 amide bonds. The van der Waals surface area contributed by atoms with E-state index in [2.05, 4.69) is 10.3 Å². The molecule has 34 heavy (non-hydrogen) atoms. The first-order valence-corrected chi connectivity index (χ1v) is 10.9. The summed E-state index contributed by atoms with van der Waals surface area (Å²) in [5.74, 6) is -2.33. The number of carbonyl (C=O) groups is 2. The van der Waals surface area contributed by atoms with Crippen LogP contribution in [-0.2, 0) is 11.2 Å². The SMILES string of the molecule is O=C(NC(Cc1ccc(-c2ccccc2)cc1)C(=O)O)c1cccc(-c2ccc(F)c(Cl)c2)n1. The van der Waals surface area contributed by atoms with Gasteiger partial charge in [0.05, 0.1) is 10.7 Å². The normalized spacial score (nSPS) is 11.6. The smallest absolute Gasteiger partial charge is 0.326 e. The van der Waals surface area contributed by atoms with Crippen molar-refractivity contribution in [2.45, 2.75) is 12.5 Å². The molecular weight excluding hydrogens is 455 g/mol. The summed E-state index contributed by atoms with van der Waals surface area (Å²) in [7, 11) is 0. The lowest BCUT2D eigenvalue weighted by molar-refractivity contribution is -0.139. The van der Waals surface area contributed by atoms with Gasteiger partial charge in [-0.15, -0.1) is 0 Å². The number of nitrogens with zero attached hydrogens (tertiary/aromatic N) is 1. The van der Waals surface area contributed by atoms with Gasteiger partial charge < -0.3 is 10.4 Å². The molecule has 0 saturated heterocycles. The molecule has 170 valence electrons. The summed E-state index contributed by atoms with van der Waals surface area (Å²) in [4.78, 5) is 28.9. The van der Waals surface area contributed by atoms with E-state index in [1.807, 2.05) is 54.6 Å². The average Bonchev–Trinajstić information content (AvgIpc) is 2.86. The van der Waals surface area contributed by atoms with Gasteiger partial charge in [0.25, 0.3) is 5.91 Å². The monoisotopic (exact) mass is 474 g/mol. The van der Waals surface area contributed by atoms with E-state index in [0.29, 0.717) is 11.3 Å². The largest absolute Gasteiger partial charge is 0.480 e. The molecule has 0 aliphatic heterocycles. The molecule has 1 heterocycles. The van der Waals surface area contributed by atoms with E-state index in [9.17, 15) is 19.1 Å². The van der Waals surface area contributed by atoms with E-state index in [1.165, 1.54) is 24.3 Å².